The van der Waals surface area contributed by atoms with Crippen LogP contribution in [0.2, 0.25) is 0 Å². The van der Waals surface area contributed by atoms with Gasteiger partial charge in [0.25, 0.3) is 0 Å². The highest BCUT2D eigenvalue weighted by atomic mass is 16.3. The van der Waals surface area contributed by atoms with Crippen molar-refractivity contribution < 1.29 is 9.90 Å². The molecule has 2 nitrogen and oxygen atoms in total. The van der Waals surface area contributed by atoms with Gasteiger partial charge in [-0.1, -0.05) is 38.1 Å². The van der Waals surface area contributed by atoms with E-state index >= 15 is 0 Å². The SMILES string of the molecule is CCC(CC)C(=O)c1ccc(CO)cc1. The molecule has 2 heteroatoms. The largest absolute Gasteiger partial charge is 0.392 e. The van der Waals surface area contributed by atoms with Crippen molar-refractivity contribution >= 4 is 5.78 Å². The van der Waals surface area contributed by atoms with Crippen LogP contribution in [0.25, 0.3) is 0 Å². The lowest BCUT2D eigenvalue weighted by Gasteiger charge is -2.10. The topological polar surface area (TPSA) is 37.3 Å². The van der Waals surface area contributed by atoms with Gasteiger partial charge in [0.05, 0.1) is 6.61 Å². The van der Waals surface area contributed by atoms with E-state index in [4.69, 9.17) is 5.11 Å². The molecule has 0 saturated carbocycles. The maximum Gasteiger partial charge on any atom is 0.165 e. The Kier molecular flexibility index (Phi) is 4.50. The van der Waals surface area contributed by atoms with Gasteiger partial charge in [0.1, 0.15) is 0 Å². The molecule has 0 radical (unpaired) electrons. The summed E-state index contributed by atoms with van der Waals surface area (Å²) in [5.41, 5.74) is 1.59. The zero-order chi connectivity index (χ0) is 11.3. The third-order valence-electron chi connectivity index (χ3n) is 2.78. The van der Waals surface area contributed by atoms with Gasteiger partial charge in [0.15, 0.2) is 5.78 Å². The molecule has 0 saturated heterocycles. The van der Waals surface area contributed by atoms with Gasteiger partial charge in [-0.3, -0.25) is 4.79 Å². The lowest BCUT2D eigenvalue weighted by molar-refractivity contribution is 0.0913. The Bertz CT molecular complexity index is 310. The molecule has 0 aliphatic heterocycles. The van der Waals surface area contributed by atoms with E-state index in [2.05, 4.69) is 0 Å². The van der Waals surface area contributed by atoms with E-state index in [-0.39, 0.29) is 18.3 Å². The second-order valence-corrected chi connectivity index (χ2v) is 3.73. The van der Waals surface area contributed by atoms with E-state index in [0.717, 1.165) is 24.0 Å². The zero-order valence-electron chi connectivity index (χ0n) is 9.36. The van der Waals surface area contributed by atoms with Crippen molar-refractivity contribution in [3.63, 3.8) is 0 Å². The summed E-state index contributed by atoms with van der Waals surface area (Å²) in [5.74, 6) is 0.342. The second kappa shape index (κ2) is 5.66. The summed E-state index contributed by atoms with van der Waals surface area (Å²) in [6, 6.07) is 7.20. The molecule has 0 amide bonds. The summed E-state index contributed by atoms with van der Waals surface area (Å²) in [4.78, 5) is 11.9. The Morgan fingerprint density at radius 3 is 2.13 bits per heavy atom. The fourth-order valence-corrected chi connectivity index (χ4v) is 1.67. The first-order valence-corrected chi connectivity index (χ1v) is 5.46. The van der Waals surface area contributed by atoms with Crippen LogP contribution < -0.4 is 0 Å². The zero-order valence-corrected chi connectivity index (χ0v) is 9.36. The van der Waals surface area contributed by atoms with E-state index in [1.807, 2.05) is 13.8 Å². The van der Waals surface area contributed by atoms with Gasteiger partial charge >= 0.3 is 0 Å². The first kappa shape index (κ1) is 11.9. The number of aliphatic hydroxyl groups is 1. The molecule has 0 aromatic heterocycles. The van der Waals surface area contributed by atoms with Crippen LogP contribution in [0, 0.1) is 5.92 Å². The number of carbonyl (C=O) groups is 1. The van der Waals surface area contributed by atoms with Crippen LogP contribution in [-0.4, -0.2) is 10.9 Å². The van der Waals surface area contributed by atoms with Crippen LogP contribution in [0.4, 0.5) is 0 Å². The van der Waals surface area contributed by atoms with Crippen LogP contribution in [0.1, 0.15) is 42.6 Å². The predicted octanol–water partition coefficient (Wildman–Crippen LogP) is 2.80. The Balaban J connectivity index is 2.82. The summed E-state index contributed by atoms with van der Waals surface area (Å²) < 4.78 is 0. The molecule has 0 aliphatic rings. The number of benzene rings is 1. The lowest BCUT2D eigenvalue weighted by atomic mass is 9.93. The number of ketones is 1. The maximum atomic E-state index is 11.9. The Hall–Kier alpha value is -1.15. The van der Waals surface area contributed by atoms with Crippen molar-refractivity contribution in [2.75, 3.05) is 0 Å². The molecule has 0 spiro atoms. The summed E-state index contributed by atoms with van der Waals surface area (Å²) >= 11 is 0. The fraction of sp³-hybridized carbons (Fsp3) is 0.462. The number of hydrogen-bond acceptors (Lipinski definition) is 2. The second-order valence-electron chi connectivity index (χ2n) is 3.73. The average molecular weight is 206 g/mol. The molecule has 0 aliphatic carbocycles. The van der Waals surface area contributed by atoms with Crippen LogP contribution in [0.15, 0.2) is 24.3 Å². The number of aliphatic hydroxyl groups excluding tert-OH is 1. The monoisotopic (exact) mass is 206 g/mol. The molecule has 0 atom stereocenters. The van der Waals surface area contributed by atoms with Gasteiger partial charge in [-0.2, -0.15) is 0 Å². The lowest BCUT2D eigenvalue weighted by Crippen LogP contribution is -2.12. The summed E-state index contributed by atoms with van der Waals surface area (Å²) in [7, 11) is 0. The summed E-state index contributed by atoms with van der Waals surface area (Å²) in [6.45, 7) is 4.10. The Labute approximate surface area is 90.9 Å². The first-order chi connectivity index (χ1) is 7.22. The summed E-state index contributed by atoms with van der Waals surface area (Å²) in [6.07, 6.45) is 1.77. The Morgan fingerprint density at radius 2 is 1.73 bits per heavy atom. The van der Waals surface area contributed by atoms with Gasteiger partial charge < -0.3 is 5.11 Å². The fourth-order valence-electron chi connectivity index (χ4n) is 1.67. The van der Waals surface area contributed by atoms with E-state index in [1.165, 1.54) is 0 Å². The highest BCUT2D eigenvalue weighted by Gasteiger charge is 2.15. The minimum Gasteiger partial charge on any atom is -0.392 e. The van der Waals surface area contributed by atoms with Crippen LogP contribution in [0.3, 0.4) is 0 Å². The van der Waals surface area contributed by atoms with Crippen molar-refractivity contribution in [1.29, 1.82) is 0 Å². The van der Waals surface area contributed by atoms with Gasteiger partial charge in [0.2, 0.25) is 0 Å². The number of Topliss-reactive ketones (excluding diaryl/α,β-unsaturated/α-hetero) is 1. The minimum atomic E-state index is 0.0272. The molecule has 0 fully saturated rings. The van der Waals surface area contributed by atoms with Crippen molar-refractivity contribution in [3.8, 4) is 0 Å². The van der Waals surface area contributed by atoms with E-state index < -0.39 is 0 Å². The van der Waals surface area contributed by atoms with Gasteiger partial charge in [0, 0.05) is 11.5 Å². The molecule has 0 heterocycles. The molecule has 1 N–H and O–H groups in total. The molecule has 15 heavy (non-hydrogen) atoms. The van der Waals surface area contributed by atoms with Crippen molar-refractivity contribution in [2.45, 2.75) is 33.3 Å². The minimum absolute atomic E-state index is 0.0272. The van der Waals surface area contributed by atoms with Crippen molar-refractivity contribution in [2.24, 2.45) is 5.92 Å². The maximum absolute atomic E-state index is 11.9. The van der Waals surface area contributed by atoms with Crippen molar-refractivity contribution in [1.82, 2.24) is 0 Å². The number of carbonyl (C=O) groups excluding carboxylic acids is 1. The molecule has 0 bridgehead atoms. The summed E-state index contributed by atoms with van der Waals surface area (Å²) in [5, 5.41) is 8.88. The van der Waals surface area contributed by atoms with E-state index in [1.54, 1.807) is 24.3 Å². The van der Waals surface area contributed by atoms with Gasteiger partial charge in [-0.15, -0.1) is 0 Å². The first-order valence-electron chi connectivity index (χ1n) is 5.46. The average Bonchev–Trinajstić information content (AvgIpc) is 2.30. The van der Waals surface area contributed by atoms with Crippen LogP contribution in [0.5, 0.6) is 0 Å². The normalized spacial score (nSPS) is 10.7. The Morgan fingerprint density at radius 1 is 1.20 bits per heavy atom. The molecule has 1 aromatic rings. The molecular weight excluding hydrogens is 188 g/mol. The molecule has 1 aromatic carbocycles. The predicted molar refractivity (Wildman–Crippen MR) is 60.8 cm³/mol. The quantitative estimate of drug-likeness (QED) is 0.752. The van der Waals surface area contributed by atoms with Crippen molar-refractivity contribution in [3.05, 3.63) is 35.4 Å². The smallest absolute Gasteiger partial charge is 0.165 e. The molecular formula is C13H18O2. The highest BCUT2D eigenvalue weighted by Crippen LogP contribution is 2.16. The van der Waals surface area contributed by atoms with Crippen LogP contribution in [-0.2, 0) is 6.61 Å². The standard InChI is InChI=1S/C13H18O2/c1-3-11(4-2)13(15)12-7-5-10(9-14)6-8-12/h5-8,11,14H,3-4,9H2,1-2H3. The van der Waals surface area contributed by atoms with Crippen LogP contribution >= 0.6 is 0 Å². The van der Waals surface area contributed by atoms with E-state index in [0.29, 0.717) is 0 Å². The molecule has 0 unspecified atom stereocenters. The van der Waals surface area contributed by atoms with E-state index in [9.17, 15) is 4.79 Å². The number of hydrogen-bond donors (Lipinski definition) is 1. The number of rotatable bonds is 5. The third-order valence-corrected chi connectivity index (χ3v) is 2.78. The van der Waals surface area contributed by atoms with Gasteiger partial charge in [-0.05, 0) is 18.4 Å². The molecule has 82 valence electrons. The third kappa shape index (κ3) is 2.90. The molecule has 1 rings (SSSR count). The van der Waals surface area contributed by atoms with Gasteiger partial charge in [-0.25, -0.2) is 0 Å². The highest BCUT2D eigenvalue weighted by molar-refractivity contribution is 5.97.